The number of aromatic nitrogens is 1. The Bertz CT molecular complexity index is 1210. The summed E-state index contributed by atoms with van der Waals surface area (Å²) in [6.45, 7) is 0.880. The fourth-order valence-corrected chi connectivity index (χ4v) is 4.68. The van der Waals surface area contributed by atoms with Crippen LogP contribution in [0.4, 0.5) is 11.5 Å². The number of carbonyl (C=O) groups excluding carboxylic acids is 1. The summed E-state index contributed by atoms with van der Waals surface area (Å²) in [5, 5.41) is 0. The van der Waals surface area contributed by atoms with E-state index in [0.29, 0.717) is 23.8 Å². The van der Waals surface area contributed by atoms with Crippen LogP contribution in [0.25, 0.3) is 0 Å². The maximum absolute atomic E-state index is 14.0. The third-order valence-electron chi connectivity index (χ3n) is 6.25. The van der Waals surface area contributed by atoms with E-state index in [1.807, 2.05) is 78.6 Å². The molecule has 4 heterocycles. The van der Waals surface area contributed by atoms with Crippen LogP contribution in [0.15, 0.2) is 54.7 Å². The van der Waals surface area contributed by atoms with E-state index in [9.17, 15) is 4.79 Å². The molecule has 3 aromatic rings. The molecule has 156 valence electrons. The Hall–Kier alpha value is -3.74. The molecule has 7 heteroatoms. The molecule has 3 aliphatic rings. The lowest BCUT2D eigenvalue weighted by Gasteiger charge is -2.23. The zero-order valence-corrected chi connectivity index (χ0v) is 17.3. The number of benzene rings is 2. The molecule has 1 atom stereocenters. The molecule has 1 aromatic heterocycles. The van der Waals surface area contributed by atoms with E-state index in [2.05, 4.69) is 4.98 Å². The van der Waals surface area contributed by atoms with Crippen LogP contribution in [0.3, 0.4) is 0 Å². The molecule has 0 radical (unpaired) electrons. The Labute approximate surface area is 179 Å². The van der Waals surface area contributed by atoms with Gasteiger partial charge in [0, 0.05) is 37.6 Å². The van der Waals surface area contributed by atoms with Gasteiger partial charge in [0.05, 0.1) is 6.54 Å². The second kappa shape index (κ2) is 6.38. The van der Waals surface area contributed by atoms with Crippen LogP contribution in [0.2, 0.25) is 0 Å². The number of anilines is 2. The SMILES string of the molecule is CN(C)c1ccc(CN2C(=O)C3(COc4cc5c(cc43)OCO5)c3ccccc32)cn1. The lowest BCUT2D eigenvalue weighted by Crippen LogP contribution is -2.42. The molecule has 0 saturated carbocycles. The summed E-state index contributed by atoms with van der Waals surface area (Å²) in [6, 6.07) is 15.6. The van der Waals surface area contributed by atoms with Crippen molar-refractivity contribution in [2.24, 2.45) is 0 Å². The number of fused-ring (bicyclic) bond motifs is 5. The van der Waals surface area contributed by atoms with Gasteiger partial charge in [-0.1, -0.05) is 24.3 Å². The Morgan fingerprint density at radius 2 is 1.81 bits per heavy atom. The summed E-state index contributed by atoms with van der Waals surface area (Å²) >= 11 is 0. The van der Waals surface area contributed by atoms with Crippen LogP contribution in [0.1, 0.15) is 16.7 Å². The van der Waals surface area contributed by atoms with Gasteiger partial charge in [0.25, 0.3) is 0 Å². The second-order valence-electron chi connectivity index (χ2n) is 8.22. The topological polar surface area (TPSA) is 64.1 Å². The van der Waals surface area contributed by atoms with Gasteiger partial charge in [-0.25, -0.2) is 4.98 Å². The largest absolute Gasteiger partial charge is 0.491 e. The number of para-hydroxylation sites is 1. The van der Waals surface area contributed by atoms with Crippen LogP contribution in [0, 0.1) is 0 Å². The van der Waals surface area contributed by atoms with Crippen molar-refractivity contribution in [2.75, 3.05) is 37.3 Å². The number of carbonyl (C=O) groups is 1. The van der Waals surface area contributed by atoms with E-state index in [1.54, 1.807) is 0 Å². The molecule has 3 aliphatic heterocycles. The van der Waals surface area contributed by atoms with Crippen molar-refractivity contribution in [1.82, 2.24) is 4.98 Å². The van der Waals surface area contributed by atoms with Crippen molar-refractivity contribution in [3.05, 3.63) is 71.4 Å². The van der Waals surface area contributed by atoms with Crippen LogP contribution >= 0.6 is 0 Å². The molecule has 0 fully saturated rings. The Balaban J connectivity index is 1.43. The molecule has 0 aliphatic carbocycles. The Morgan fingerprint density at radius 3 is 2.58 bits per heavy atom. The number of amides is 1. The van der Waals surface area contributed by atoms with Gasteiger partial charge in [-0.15, -0.1) is 0 Å². The predicted molar refractivity (Wildman–Crippen MR) is 115 cm³/mol. The molecular formula is C24H21N3O4. The fraction of sp³-hybridized carbons (Fsp3) is 0.250. The van der Waals surface area contributed by atoms with Crippen molar-refractivity contribution < 1.29 is 19.0 Å². The number of hydrogen-bond acceptors (Lipinski definition) is 6. The highest BCUT2D eigenvalue weighted by Crippen LogP contribution is 2.55. The smallest absolute Gasteiger partial charge is 0.246 e. The van der Waals surface area contributed by atoms with Crippen LogP contribution in [0.5, 0.6) is 17.2 Å². The molecule has 1 amide bonds. The summed E-state index contributed by atoms with van der Waals surface area (Å²) in [7, 11) is 3.91. The molecule has 1 unspecified atom stereocenters. The monoisotopic (exact) mass is 415 g/mol. The third kappa shape index (κ3) is 2.46. The molecule has 0 N–H and O–H groups in total. The zero-order chi connectivity index (χ0) is 21.2. The summed E-state index contributed by atoms with van der Waals surface area (Å²) < 4.78 is 17.1. The molecule has 1 spiro atoms. The predicted octanol–water partition coefficient (Wildman–Crippen LogP) is 3.10. The van der Waals surface area contributed by atoms with E-state index in [1.165, 1.54) is 0 Å². The molecule has 0 bridgehead atoms. The van der Waals surface area contributed by atoms with Crippen molar-refractivity contribution in [3.63, 3.8) is 0 Å². The average molecular weight is 415 g/mol. The Kier molecular flexibility index (Phi) is 3.72. The van der Waals surface area contributed by atoms with Crippen LogP contribution in [-0.2, 0) is 16.8 Å². The fourth-order valence-electron chi connectivity index (χ4n) is 4.68. The number of pyridine rings is 1. The first kappa shape index (κ1) is 18.1. The number of ether oxygens (including phenoxy) is 3. The number of nitrogens with zero attached hydrogens (tertiary/aromatic N) is 3. The minimum Gasteiger partial charge on any atom is -0.491 e. The van der Waals surface area contributed by atoms with Gasteiger partial charge < -0.3 is 24.0 Å². The lowest BCUT2D eigenvalue weighted by atomic mass is 9.77. The first-order valence-electron chi connectivity index (χ1n) is 10.2. The summed E-state index contributed by atoms with van der Waals surface area (Å²) in [4.78, 5) is 22.3. The third-order valence-corrected chi connectivity index (χ3v) is 6.25. The maximum Gasteiger partial charge on any atom is 0.246 e. The molecule has 0 saturated heterocycles. The normalized spacial score (nSPS) is 20.1. The van der Waals surface area contributed by atoms with Crippen LogP contribution in [-0.4, -0.2) is 38.4 Å². The van der Waals surface area contributed by atoms with Gasteiger partial charge in [-0.3, -0.25) is 4.79 Å². The number of rotatable bonds is 3. The minimum atomic E-state index is -0.885. The average Bonchev–Trinajstić information content (AvgIpc) is 3.45. The highest BCUT2D eigenvalue weighted by molar-refractivity contribution is 6.11. The molecule has 7 nitrogen and oxygen atoms in total. The summed E-state index contributed by atoms with van der Waals surface area (Å²) in [6.07, 6.45) is 1.83. The lowest BCUT2D eigenvalue weighted by molar-refractivity contribution is -0.122. The first-order valence-corrected chi connectivity index (χ1v) is 10.2. The van der Waals surface area contributed by atoms with Gasteiger partial charge in [-0.2, -0.15) is 0 Å². The molecule has 6 rings (SSSR count). The van der Waals surface area contributed by atoms with Crippen molar-refractivity contribution in [3.8, 4) is 17.2 Å². The second-order valence-corrected chi connectivity index (χ2v) is 8.22. The molecular weight excluding hydrogens is 394 g/mol. The zero-order valence-electron chi connectivity index (χ0n) is 17.3. The highest BCUT2D eigenvalue weighted by Gasteiger charge is 2.57. The standard InChI is InChI=1S/C24H21N3O4/c1-26(2)22-8-7-15(11-25-22)12-27-18-6-4-3-5-16(18)24(23(27)28)13-29-19-10-21-20(9-17(19)24)30-14-31-21/h3-11H,12-14H2,1-2H3. The van der Waals surface area contributed by atoms with E-state index >= 15 is 0 Å². The van der Waals surface area contributed by atoms with E-state index in [4.69, 9.17) is 14.2 Å². The van der Waals surface area contributed by atoms with E-state index < -0.39 is 5.41 Å². The highest BCUT2D eigenvalue weighted by atomic mass is 16.7. The Morgan fingerprint density at radius 1 is 1.00 bits per heavy atom. The summed E-state index contributed by atoms with van der Waals surface area (Å²) in [5.41, 5.74) is 2.77. The molecule has 31 heavy (non-hydrogen) atoms. The molecule has 2 aromatic carbocycles. The minimum absolute atomic E-state index is 0.00278. The van der Waals surface area contributed by atoms with Gasteiger partial charge in [0.1, 0.15) is 23.6 Å². The summed E-state index contributed by atoms with van der Waals surface area (Å²) in [5.74, 6) is 2.85. The van der Waals surface area contributed by atoms with Gasteiger partial charge in [-0.05, 0) is 29.3 Å². The van der Waals surface area contributed by atoms with Crippen molar-refractivity contribution in [2.45, 2.75) is 12.0 Å². The quantitative estimate of drug-likeness (QED) is 0.655. The van der Waals surface area contributed by atoms with E-state index in [0.717, 1.165) is 28.2 Å². The van der Waals surface area contributed by atoms with Gasteiger partial charge in [0.15, 0.2) is 11.5 Å². The van der Waals surface area contributed by atoms with Gasteiger partial charge in [0.2, 0.25) is 12.7 Å². The first-order chi connectivity index (χ1) is 15.1. The maximum atomic E-state index is 14.0. The van der Waals surface area contributed by atoms with Crippen molar-refractivity contribution >= 4 is 17.4 Å². The van der Waals surface area contributed by atoms with E-state index in [-0.39, 0.29) is 19.3 Å². The van der Waals surface area contributed by atoms with Gasteiger partial charge >= 0.3 is 0 Å². The number of hydrogen-bond donors (Lipinski definition) is 0. The van der Waals surface area contributed by atoms with Crippen molar-refractivity contribution in [1.29, 1.82) is 0 Å². The van der Waals surface area contributed by atoms with Crippen LogP contribution < -0.4 is 24.0 Å².